The Morgan fingerprint density at radius 3 is 1.85 bits per heavy atom. The average Bonchev–Trinajstić information content (AvgIpc) is 2.13. The van der Waals surface area contributed by atoms with E-state index in [9.17, 15) is 0 Å². The molecule has 0 N–H and O–H groups in total. The van der Waals surface area contributed by atoms with E-state index in [-0.39, 0.29) is 0 Å². The van der Waals surface area contributed by atoms with E-state index in [0.717, 1.165) is 10.2 Å². The van der Waals surface area contributed by atoms with Gasteiger partial charge in [-0.15, -0.1) is 0 Å². The highest BCUT2D eigenvalue weighted by Crippen LogP contribution is 2.19. The van der Waals surface area contributed by atoms with E-state index in [1.54, 1.807) is 0 Å². The summed E-state index contributed by atoms with van der Waals surface area (Å²) < 4.78 is 0. The fraction of sp³-hybridized carbons (Fsp3) is 0.333. The van der Waals surface area contributed by atoms with Gasteiger partial charge in [0.1, 0.15) is 0 Å². The van der Waals surface area contributed by atoms with Crippen LogP contribution >= 0.6 is 0 Å². The summed E-state index contributed by atoms with van der Waals surface area (Å²) in [7, 11) is 1.11. The van der Waals surface area contributed by atoms with Gasteiger partial charge >= 0.3 is 0 Å². The fourth-order valence-corrected chi connectivity index (χ4v) is 2.79. The van der Waals surface area contributed by atoms with Crippen molar-refractivity contribution < 1.29 is 0 Å². The lowest BCUT2D eigenvalue weighted by molar-refractivity contribution is 1.22. The zero-order chi connectivity index (χ0) is 10.2. The van der Waals surface area contributed by atoms with Crippen LogP contribution in [-0.2, 0) is 0 Å². The lowest BCUT2D eigenvalue weighted by atomic mass is 9.94. The first kappa shape index (κ1) is 10.3. The van der Waals surface area contributed by atoms with E-state index in [1.807, 2.05) is 6.08 Å². The topological polar surface area (TPSA) is 0 Å². The third kappa shape index (κ3) is 1.48. The molecule has 1 heteroatoms. The molecule has 1 aromatic rings. The van der Waals surface area contributed by atoms with Crippen LogP contribution in [0.2, 0.25) is 0 Å². The summed E-state index contributed by atoms with van der Waals surface area (Å²) in [6.07, 6.45) is 2.00. The molecule has 0 unspecified atom stereocenters. The van der Waals surface area contributed by atoms with E-state index in [0.29, 0.717) is 0 Å². The molecule has 0 spiro atoms. The zero-order valence-corrected chi connectivity index (χ0v) is 11.3. The molecule has 0 saturated carbocycles. The van der Waals surface area contributed by atoms with Crippen molar-refractivity contribution in [2.45, 2.75) is 27.7 Å². The second-order valence-electron chi connectivity index (χ2n) is 3.74. The molecule has 0 aromatic heterocycles. The maximum atomic E-state index is 3.89. The first-order valence-electron chi connectivity index (χ1n) is 4.70. The highest BCUT2D eigenvalue weighted by atomic mass is 28.1. The molecule has 1 rings (SSSR count). The van der Waals surface area contributed by atoms with E-state index < -0.39 is 0 Å². The molecule has 0 atom stereocenters. The normalized spacial score (nSPS) is 10.5. The second-order valence-corrected chi connectivity index (χ2v) is 4.74. The van der Waals surface area contributed by atoms with Gasteiger partial charge < -0.3 is 0 Å². The molecule has 0 saturated heterocycles. The van der Waals surface area contributed by atoms with Crippen molar-refractivity contribution in [2.24, 2.45) is 0 Å². The van der Waals surface area contributed by atoms with Gasteiger partial charge in [-0.1, -0.05) is 17.8 Å². The van der Waals surface area contributed by atoms with Gasteiger partial charge in [0, 0.05) is 10.2 Å². The highest BCUT2D eigenvalue weighted by Gasteiger charge is 2.08. The summed E-state index contributed by atoms with van der Waals surface area (Å²) in [4.78, 5) is 0. The standard InChI is InChI=1S/C12H18Si/c1-6-11-9(4)7(2)8(3)10(5)12(11)13/h6H,1H2,2-5,13H3. The summed E-state index contributed by atoms with van der Waals surface area (Å²) in [5, 5.41) is 1.51. The number of hydrogen-bond acceptors (Lipinski definition) is 0. The number of benzene rings is 1. The molecule has 0 aliphatic rings. The molecule has 70 valence electrons. The Kier molecular flexibility index (Phi) is 2.76. The minimum absolute atomic E-state index is 1.11. The smallest absolute Gasteiger partial charge is 0.0396 e. The average molecular weight is 190 g/mol. The van der Waals surface area contributed by atoms with Crippen LogP contribution in [0.3, 0.4) is 0 Å². The minimum atomic E-state index is 1.11. The van der Waals surface area contributed by atoms with Crippen molar-refractivity contribution in [2.75, 3.05) is 0 Å². The summed E-state index contributed by atoms with van der Waals surface area (Å²) in [5.74, 6) is 0. The van der Waals surface area contributed by atoms with E-state index in [4.69, 9.17) is 0 Å². The first-order chi connectivity index (χ1) is 6.00. The lowest BCUT2D eigenvalue weighted by Gasteiger charge is -2.16. The van der Waals surface area contributed by atoms with Crippen LogP contribution in [-0.4, -0.2) is 10.2 Å². The number of rotatable bonds is 1. The van der Waals surface area contributed by atoms with Gasteiger partial charge in [-0.25, -0.2) is 0 Å². The van der Waals surface area contributed by atoms with Crippen LogP contribution in [0, 0.1) is 27.7 Å². The third-order valence-corrected chi connectivity index (χ3v) is 4.55. The fourth-order valence-electron chi connectivity index (χ4n) is 1.84. The van der Waals surface area contributed by atoms with E-state index >= 15 is 0 Å². The molecule has 0 aliphatic heterocycles. The third-order valence-electron chi connectivity index (χ3n) is 3.26. The summed E-state index contributed by atoms with van der Waals surface area (Å²) >= 11 is 0. The molecule has 0 nitrogen and oxygen atoms in total. The SMILES string of the molecule is C=Cc1c(C)c(C)c(C)c(C)c1[SiH3]. The molecule has 0 fully saturated rings. The molecule has 0 bridgehead atoms. The zero-order valence-electron chi connectivity index (χ0n) is 9.28. The second kappa shape index (κ2) is 3.50. The van der Waals surface area contributed by atoms with E-state index in [2.05, 4.69) is 34.3 Å². The van der Waals surface area contributed by atoms with Gasteiger partial charge in [0.05, 0.1) is 0 Å². The van der Waals surface area contributed by atoms with Crippen LogP contribution in [0.4, 0.5) is 0 Å². The van der Waals surface area contributed by atoms with Gasteiger partial charge in [0.2, 0.25) is 0 Å². The Morgan fingerprint density at radius 1 is 0.923 bits per heavy atom. The van der Waals surface area contributed by atoms with Gasteiger partial charge in [-0.3, -0.25) is 0 Å². The lowest BCUT2D eigenvalue weighted by Crippen LogP contribution is -2.16. The Hall–Kier alpha value is -0.823. The Bertz CT molecular complexity index is 333. The van der Waals surface area contributed by atoms with Gasteiger partial charge in [-0.05, 0) is 55.5 Å². The molecular formula is C12H18Si. The van der Waals surface area contributed by atoms with Gasteiger partial charge in [0.25, 0.3) is 0 Å². The summed E-state index contributed by atoms with van der Waals surface area (Å²) in [5.41, 5.74) is 7.11. The van der Waals surface area contributed by atoms with Crippen molar-refractivity contribution in [1.82, 2.24) is 0 Å². The number of hydrogen-bond donors (Lipinski definition) is 0. The molecular weight excluding hydrogens is 172 g/mol. The van der Waals surface area contributed by atoms with Crippen molar-refractivity contribution in [1.29, 1.82) is 0 Å². The van der Waals surface area contributed by atoms with Crippen LogP contribution in [0.1, 0.15) is 27.8 Å². The maximum absolute atomic E-state index is 3.89. The van der Waals surface area contributed by atoms with Crippen molar-refractivity contribution in [3.8, 4) is 0 Å². The Morgan fingerprint density at radius 2 is 1.38 bits per heavy atom. The quantitative estimate of drug-likeness (QED) is 0.590. The molecule has 0 heterocycles. The van der Waals surface area contributed by atoms with Crippen molar-refractivity contribution in [3.05, 3.63) is 34.4 Å². The Labute approximate surface area is 84.1 Å². The van der Waals surface area contributed by atoms with E-state index in [1.165, 1.54) is 33.0 Å². The monoisotopic (exact) mass is 190 g/mol. The van der Waals surface area contributed by atoms with Crippen LogP contribution in [0.25, 0.3) is 6.08 Å². The predicted octanol–water partition coefficient (Wildman–Crippen LogP) is 1.55. The highest BCUT2D eigenvalue weighted by molar-refractivity contribution is 6.35. The molecule has 0 radical (unpaired) electrons. The maximum Gasteiger partial charge on any atom is 0.0396 e. The molecule has 0 amide bonds. The predicted molar refractivity (Wildman–Crippen MR) is 65.1 cm³/mol. The summed E-state index contributed by atoms with van der Waals surface area (Å²) in [6, 6.07) is 0. The van der Waals surface area contributed by atoms with Crippen molar-refractivity contribution >= 4 is 21.5 Å². The molecule has 1 aromatic carbocycles. The van der Waals surface area contributed by atoms with Gasteiger partial charge in [-0.2, -0.15) is 0 Å². The van der Waals surface area contributed by atoms with Crippen LogP contribution in [0.15, 0.2) is 6.58 Å². The summed E-state index contributed by atoms with van der Waals surface area (Å²) in [6.45, 7) is 12.7. The van der Waals surface area contributed by atoms with Crippen molar-refractivity contribution in [3.63, 3.8) is 0 Å². The molecule has 0 aliphatic carbocycles. The minimum Gasteiger partial charge on any atom is -0.0985 e. The molecule has 13 heavy (non-hydrogen) atoms. The van der Waals surface area contributed by atoms with Crippen LogP contribution < -0.4 is 5.19 Å². The van der Waals surface area contributed by atoms with Gasteiger partial charge in [0.15, 0.2) is 0 Å². The first-order valence-corrected chi connectivity index (χ1v) is 5.70. The largest absolute Gasteiger partial charge is 0.0985 e. The van der Waals surface area contributed by atoms with Crippen LogP contribution in [0.5, 0.6) is 0 Å². The Balaban J connectivity index is 3.66.